The molecule has 0 fully saturated rings. The van der Waals surface area contributed by atoms with E-state index in [0.717, 1.165) is 5.57 Å². The zero-order valence-corrected chi connectivity index (χ0v) is 9.67. The van der Waals surface area contributed by atoms with Crippen molar-refractivity contribution < 1.29 is 13.2 Å². The molecule has 0 nitrogen and oxygen atoms in total. The maximum Gasteiger partial charge on any atom is 0.412 e. The monoisotopic (exact) mass is 268 g/mol. The molecule has 4 heteroatoms. The number of halogens is 4. The second-order valence-electron chi connectivity index (χ2n) is 3.70. The Kier molecular flexibility index (Phi) is 3.45. The van der Waals surface area contributed by atoms with E-state index < -0.39 is 11.7 Å². The fourth-order valence-corrected chi connectivity index (χ4v) is 2.43. The third-order valence-corrected chi connectivity index (χ3v) is 3.07. The maximum absolute atomic E-state index is 12.3. The number of alkyl halides is 3. The van der Waals surface area contributed by atoms with Crippen LogP contribution in [0.5, 0.6) is 0 Å². The lowest BCUT2D eigenvalue weighted by atomic mass is 9.91. The Balaban J connectivity index is 2.96. The number of hydrogen-bond acceptors (Lipinski definition) is 0. The van der Waals surface area contributed by atoms with Crippen molar-refractivity contribution in [2.45, 2.75) is 32.9 Å². The first-order chi connectivity index (χ1) is 6.32. The van der Waals surface area contributed by atoms with Crippen LogP contribution in [0.4, 0.5) is 13.2 Å². The Bertz CT molecular complexity index is 284. The lowest BCUT2D eigenvalue weighted by molar-refractivity contribution is -0.0941. The first-order valence-electron chi connectivity index (χ1n) is 4.48. The highest BCUT2D eigenvalue weighted by Crippen LogP contribution is 2.38. The van der Waals surface area contributed by atoms with E-state index in [1.165, 1.54) is 6.08 Å². The first kappa shape index (κ1) is 11.8. The fourth-order valence-electron chi connectivity index (χ4n) is 1.49. The largest absolute Gasteiger partial charge is 0.412 e. The molecule has 0 spiro atoms. The Morgan fingerprint density at radius 1 is 1.29 bits per heavy atom. The van der Waals surface area contributed by atoms with Crippen LogP contribution in [0, 0.1) is 5.92 Å². The zero-order chi connectivity index (χ0) is 10.9. The Morgan fingerprint density at radius 2 is 1.86 bits per heavy atom. The Labute approximate surface area is 90.0 Å². The van der Waals surface area contributed by atoms with Gasteiger partial charge in [-0.3, -0.25) is 0 Å². The van der Waals surface area contributed by atoms with E-state index in [1.807, 2.05) is 13.8 Å². The molecule has 0 radical (unpaired) electrons. The molecule has 0 aromatic heterocycles. The van der Waals surface area contributed by atoms with Crippen LogP contribution in [0.15, 0.2) is 21.7 Å². The summed E-state index contributed by atoms with van der Waals surface area (Å²) in [6.45, 7) is 3.98. The van der Waals surface area contributed by atoms with Gasteiger partial charge in [-0.15, -0.1) is 0 Å². The Hall–Kier alpha value is -0.250. The molecule has 14 heavy (non-hydrogen) atoms. The zero-order valence-electron chi connectivity index (χ0n) is 8.08. The highest BCUT2D eigenvalue weighted by Gasteiger charge is 2.35. The third kappa shape index (κ3) is 2.62. The number of hydrogen-bond donors (Lipinski definition) is 0. The van der Waals surface area contributed by atoms with Crippen LogP contribution in [0.1, 0.15) is 26.7 Å². The van der Waals surface area contributed by atoms with Crippen LogP contribution in [-0.2, 0) is 0 Å². The molecular formula is C10H12BrF3. The molecule has 0 amide bonds. The molecule has 1 aliphatic rings. The van der Waals surface area contributed by atoms with Gasteiger partial charge in [0.25, 0.3) is 0 Å². The summed E-state index contributed by atoms with van der Waals surface area (Å²) in [7, 11) is 0. The average Bonchev–Trinajstić information content (AvgIpc) is 2.01. The highest BCUT2D eigenvalue weighted by molar-refractivity contribution is 9.11. The topological polar surface area (TPSA) is 0 Å². The molecule has 0 aliphatic heterocycles. The summed E-state index contributed by atoms with van der Waals surface area (Å²) >= 11 is 3.19. The number of allylic oxidation sites excluding steroid dienone is 4. The van der Waals surface area contributed by atoms with Crippen molar-refractivity contribution in [2.24, 2.45) is 5.92 Å². The van der Waals surface area contributed by atoms with E-state index in [2.05, 4.69) is 15.9 Å². The minimum absolute atomic E-state index is 0.103. The van der Waals surface area contributed by atoms with Crippen molar-refractivity contribution in [1.82, 2.24) is 0 Å². The van der Waals surface area contributed by atoms with Crippen molar-refractivity contribution >= 4 is 15.9 Å². The van der Waals surface area contributed by atoms with Crippen LogP contribution in [0.2, 0.25) is 0 Å². The SMILES string of the molecule is CC(C)C1=C(Br)C=C(C(F)(F)F)CC1. The summed E-state index contributed by atoms with van der Waals surface area (Å²) in [6, 6.07) is 0. The van der Waals surface area contributed by atoms with E-state index in [0.29, 0.717) is 16.8 Å². The van der Waals surface area contributed by atoms with Crippen LogP contribution in [0.25, 0.3) is 0 Å². The molecule has 1 rings (SSSR count). The van der Waals surface area contributed by atoms with Crippen LogP contribution >= 0.6 is 15.9 Å². The van der Waals surface area contributed by atoms with Crippen LogP contribution < -0.4 is 0 Å². The fraction of sp³-hybridized carbons (Fsp3) is 0.600. The van der Waals surface area contributed by atoms with Gasteiger partial charge < -0.3 is 0 Å². The summed E-state index contributed by atoms with van der Waals surface area (Å²) in [5, 5.41) is 0. The second-order valence-corrected chi connectivity index (χ2v) is 4.55. The van der Waals surface area contributed by atoms with Crippen molar-refractivity contribution in [1.29, 1.82) is 0 Å². The quantitative estimate of drug-likeness (QED) is 0.653. The van der Waals surface area contributed by atoms with E-state index in [9.17, 15) is 13.2 Å². The van der Waals surface area contributed by atoms with E-state index >= 15 is 0 Å². The van der Waals surface area contributed by atoms with Gasteiger partial charge >= 0.3 is 6.18 Å². The second kappa shape index (κ2) is 4.09. The van der Waals surface area contributed by atoms with E-state index in [4.69, 9.17) is 0 Å². The van der Waals surface area contributed by atoms with Gasteiger partial charge in [-0.25, -0.2) is 0 Å². The summed E-state index contributed by atoms with van der Waals surface area (Å²) in [4.78, 5) is 0. The van der Waals surface area contributed by atoms with Gasteiger partial charge in [-0.1, -0.05) is 35.4 Å². The average molecular weight is 269 g/mol. The van der Waals surface area contributed by atoms with Gasteiger partial charge in [0.15, 0.2) is 0 Å². The molecule has 0 saturated carbocycles. The molecule has 0 saturated heterocycles. The van der Waals surface area contributed by atoms with Crippen LogP contribution in [-0.4, -0.2) is 6.18 Å². The van der Waals surface area contributed by atoms with E-state index in [-0.39, 0.29) is 6.42 Å². The van der Waals surface area contributed by atoms with Gasteiger partial charge in [0.05, 0.1) is 0 Å². The van der Waals surface area contributed by atoms with Crippen LogP contribution in [0.3, 0.4) is 0 Å². The minimum Gasteiger partial charge on any atom is -0.166 e. The standard InChI is InChI=1S/C10H12BrF3/c1-6(2)8-4-3-7(5-9(8)11)10(12,13)14/h5-6H,3-4H2,1-2H3. The summed E-state index contributed by atoms with van der Waals surface area (Å²) in [5.74, 6) is 0.301. The van der Waals surface area contributed by atoms with E-state index in [1.54, 1.807) is 0 Å². The van der Waals surface area contributed by atoms with Gasteiger partial charge in [0.1, 0.15) is 0 Å². The van der Waals surface area contributed by atoms with Crippen molar-refractivity contribution in [3.05, 3.63) is 21.7 Å². The summed E-state index contributed by atoms with van der Waals surface area (Å²) in [5.41, 5.74) is 0.631. The maximum atomic E-state index is 12.3. The highest BCUT2D eigenvalue weighted by atomic mass is 79.9. The van der Waals surface area contributed by atoms with Crippen molar-refractivity contribution in [2.75, 3.05) is 0 Å². The normalized spacial score (nSPS) is 18.9. The molecule has 0 heterocycles. The predicted octanol–water partition coefficient (Wildman–Crippen LogP) is 4.57. The van der Waals surface area contributed by atoms with Gasteiger partial charge in [0, 0.05) is 10.1 Å². The Morgan fingerprint density at radius 3 is 2.21 bits per heavy atom. The lowest BCUT2D eigenvalue weighted by Crippen LogP contribution is -2.15. The van der Waals surface area contributed by atoms with Gasteiger partial charge in [-0.05, 0) is 24.8 Å². The smallest absolute Gasteiger partial charge is 0.166 e. The molecular weight excluding hydrogens is 257 g/mol. The third-order valence-electron chi connectivity index (χ3n) is 2.33. The molecule has 0 unspecified atom stereocenters. The molecule has 0 aromatic rings. The molecule has 0 aromatic carbocycles. The van der Waals surface area contributed by atoms with Gasteiger partial charge in [-0.2, -0.15) is 13.2 Å². The summed E-state index contributed by atoms with van der Waals surface area (Å²) < 4.78 is 37.6. The summed E-state index contributed by atoms with van der Waals surface area (Å²) in [6.07, 6.45) is -2.37. The molecule has 80 valence electrons. The molecule has 1 aliphatic carbocycles. The van der Waals surface area contributed by atoms with Crippen molar-refractivity contribution in [3.8, 4) is 0 Å². The number of rotatable bonds is 1. The molecule has 0 atom stereocenters. The van der Waals surface area contributed by atoms with Crippen molar-refractivity contribution in [3.63, 3.8) is 0 Å². The van der Waals surface area contributed by atoms with Gasteiger partial charge in [0.2, 0.25) is 0 Å². The molecule has 0 N–H and O–H groups in total. The minimum atomic E-state index is -4.18. The lowest BCUT2D eigenvalue weighted by Gasteiger charge is -2.21. The first-order valence-corrected chi connectivity index (χ1v) is 5.28. The molecule has 0 bridgehead atoms. The predicted molar refractivity (Wildman–Crippen MR) is 54.2 cm³/mol.